The summed E-state index contributed by atoms with van der Waals surface area (Å²) in [7, 11) is 1.55. The number of halogens is 3. The fraction of sp³-hybridized carbons (Fsp3) is 1.00. The normalized spacial score (nSPS) is 17.2. The van der Waals surface area contributed by atoms with Gasteiger partial charge < -0.3 is 29.2 Å². The molecule has 0 amide bonds. The molecule has 3 atom stereocenters. The molecule has 3 unspecified atom stereocenters. The maximum Gasteiger partial charge on any atom is 0.104 e. The van der Waals surface area contributed by atoms with Gasteiger partial charge in [0.05, 0.1) is 69.0 Å². The van der Waals surface area contributed by atoms with Crippen LogP contribution in [0, 0.1) is 0 Å². The quantitative estimate of drug-likeness (QED) is 0.408. The molecule has 2 N–H and O–H groups in total. The highest BCUT2D eigenvalue weighted by molar-refractivity contribution is 6.18. The van der Waals surface area contributed by atoms with Gasteiger partial charge in [0.15, 0.2) is 0 Å². The number of hydrogen-bond acceptors (Lipinski definition) is 6. The number of methoxy groups -OCH3 is 1. The Kier molecular flexibility index (Phi) is 15.6. The van der Waals surface area contributed by atoms with E-state index in [1.165, 1.54) is 0 Å². The van der Waals surface area contributed by atoms with Crippen LogP contribution in [0.3, 0.4) is 0 Å². The van der Waals surface area contributed by atoms with Crippen LogP contribution in [0.5, 0.6) is 0 Å². The highest BCUT2D eigenvalue weighted by atomic mass is 35.5. The molecular weight excluding hydrogens is 358 g/mol. The van der Waals surface area contributed by atoms with E-state index >= 15 is 0 Å². The van der Waals surface area contributed by atoms with Gasteiger partial charge in [-0.1, -0.05) is 0 Å². The van der Waals surface area contributed by atoms with Gasteiger partial charge in [0, 0.05) is 7.11 Å². The molecule has 0 aromatic rings. The highest BCUT2D eigenvalue weighted by Crippen LogP contribution is 2.03. The Balaban J connectivity index is 4.12. The molecule has 22 heavy (non-hydrogen) atoms. The van der Waals surface area contributed by atoms with Crippen molar-refractivity contribution in [3.8, 4) is 0 Å². The van der Waals surface area contributed by atoms with Gasteiger partial charge in [0.2, 0.25) is 0 Å². The summed E-state index contributed by atoms with van der Waals surface area (Å²) >= 11 is 16.7. The second-order valence-electron chi connectivity index (χ2n) is 4.66. The van der Waals surface area contributed by atoms with E-state index in [1.54, 1.807) is 7.11 Å². The molecule has 0 aliphatic heterocycles. The van der Waals surface area contributed by atoms with Crippen LogP contribution in [0.15, 0.2) is 0 Å². The zero-order valence-electron chi connectivity index (χ0n) is 12.6. The molecule has 0 aromatic carbocycles. The molecule has 0 aromatic heterocycles. The van der Waals surface area contributed by atoms with Gasteiger partial charge in [-0.25, -0.2) is 0 Å². The lowest BCUT2D eigenvalue weighted by molar-refractivity contribution is -0.0960. The lowest BCUT2D eigenvalue weighted by Crippen LogP contribution is -2.33. The van der Waals surface area contributed by atoms with Crippen molar-refractivity contribution < 1.29 is 29.2 Å². The fourth-order valence-electron chi connectivity index (χ4n) is 1.32. The van der Waals surface area contributed by atoms with Crippen molar-refractivity contribution in [3.63, 3.8) is 0 Å². The first-order valence-electron chi connectivity index (χ1n) is 6.91. The summed E-state index contributed by atoms with van der Waals surface area (Å²) in [4.78, 5) is 0. The van der Waals surface area contributed by atoms with Crippen LogP contribution in [-0.4, -0.2) is 92.4 Å². The van der Waals surface area contributed by atoms with E-state index in [1.807, 2.05) is 0 Å². The predicted molar refractivity (Wildman–Crippen MR) is 86.3 cm³/mol. The number of hydrogen-bond donors (Lipinski definition) is 2. The van der Waals surface area contributed by atoms with Crippen LogP contribution < -0.4 is 0 Å². The molecule has 6 nitrogen and oxygen atoms in total. The van der Waals surface area contributed by atoms with Crippen molar-refractivity contribution in [2.45, 2.75) is 24.4 Å². The van der Waals surface area contributed by atoms with Crippen LogP contribution in [-0.2, 0) is 18.9 Å². The van der Waals surface area contributed by atoms with E-state index in [4.69, 9.17) is 53.8 Å². The fourth-order valence-corrected chi connectivity index (χ4v) is 1.72. The van der Waals surface area contributed by atoms with Gasteiger partial charge in [-0.2, -0.15) is 0 Å². The van der Waals surface area contributed by atoms with Crippen LogP contribution in [0.4, 0.5) is 0 Å². The molecule has 0 saturated carbocycles. The Bertz CT molecular complexity index is 230. The van der Waals surface area contributed by atoms with Crippen LogP contribution in [0.25, 0.3) is 0 Å². The Labute approximate surface area is 146 Å². The number of alkyl halides is 3. The summed E-state index contributed by atoms with van der Waals surface area (Å²) in [6.45, 7) is 0.925. The Hall–Kier alpha value is 0.630. The summed E-state index contributed by atoms with van der Waals surface area (Å²) in [6, 6.07) is 0. The summed E-state index contributed by atoms with van der Waals surface area (Å²) in [6.07, 6.45) is -2.07. The first-order chi connectivity index (χ1) is 10.6. The molecule has 0 fully saturated rings. The van der Waals surface area contributed by atoms with Crippen molar-refractivity contribution in [2.75, 3.05) is 57.8 Å². The minimum atomic E-state index is -0.726. The number of rotatable bonds is 15. The Morgan fingerprint density at radius 3 is 1.59 bits per heavy atom. The van der Waals surface area contributed by atoms with Crippen LogP contribution in [0.2, 0.25) is 0 Å². The zero-order valence-corrected chi connectivity index (χ0v) is 14.9. The van der Waals surface area contributed by atoms with Gasteiger partial charge in [0.25, 0.3) is 0 Å². The summed E-state index contributed by atoms with van der Waals surface area (Å²) in [5.41, 5.74) is 0. The SMILES string of the molecule is COC(CCl)COC(COCC(O)CCl)COCC(O)CCl. The van der Waals surface area contributed by atoms with E-state index in [2.05, 4.69) is 0 Å². The van der Waals surface area contributed by atoms with Gasteiger partial charge in [-0.05, 0) is 0 Å². The second-order valence-corrected chi connectivity index (χ2v) is 5.58. The topological polar surface area (TPSA) is 77.4 Å². The minimum Gasteiger partial charge on any atom is -0.389 e. The zero-order chi connectivity index (χ0) is 16.8. The molecule has 0 saturated heterocycles. The summed E-state index contributed by atoms with van der Waals surface area (Å²) < 4.78 is 21.4. The van der Waals surface area contributed by atoms with Crippen molar-refractivity contribution >= 4 is 34.8 Å². The summed E-state index contributed by atoms with van der Waals surface area (Å²) in [5, 5.41) is 18.7. The van der Waals surface area contributed by atoms with Crippen molar-refractivity contribution in [3.05, 3.63) is 0 Å². The van der Waals surface area contributed by atoms with Gasteiger partial charge in [-0.3, -0.25) is 0 Å². The highest BCUT2D eigenvalue weighted by Gasteiger charge is 2.15. The monoisotopic (exact) mass is 382 g/mol. The second kappa shape index (κ2) is 15.2. The molecule has 0 bridgehead atoms. The molecule has 9 heteroatoms. The Morgan fingerprint density at radius 1 is 0.727 bits per heavy atom. The largest absolute Gasteiger partial charge is 0.389 e. The van der Waals surface area contributed by atoms with Gasteiger partial charge >= 0.3 is 0 Å². The van der Waals surface area contributed by atoms with E-state index in [-0.39, 0.29) is 57.0 Å². The maximum atomic E-state index is 9.33. The van der Waals surface area contributed by atoms with Crippen LogP contribution >= 0.6 is 34.8 Å². The number of aliphatic hydroxyl groups is 2. The number of ether oxygens (including phenoxy) is 4. The van der Waals surface area contributed by atoms with Crippen molar-refractivity contribution in [1.29, 1.82) is 0 Å². The average molecular weight is 384 g/mol. The Morgan fingerprint density at radius 2 is 1.23 bits per heavy atom. The minimum absolute atomic E-state index is 0.0991. The van der Waals surface area contributed by atoms with Crippen LogP contribution in [0.1, 0.15) is 0 Å². The summed E-state index contributed by atoms with van der Waals surface area (Å²) in [5.74, 6) is 0.505. The average Bonchev–Trinajstić information content (AvgIpc) is 2.54. The lowest BCUT2D eigenvalue weighted by atomic mass is 10.3. The third kappa shape index (κ3) is 12.1. The third-order valence-corrected chi connectivity index (χ3v) is 3.66. The van der Waals surface area contributed by atoms with Crippen molar-refractivity contribution in [1.82, 2.24) is 0 Å². The molecular formula is C13H25Cl3O6. The molecule has 0 aliphatic rings. The molecule has 134 valence electrons. The van der Waals surface area contributed by atoms with E-state index < -0.39 is 12.2 Å². The van der Waals surface area contributed by atoms with Gasteiger partial charge in [0.1, 0.15) is 6.10 Å². The molecule has 0 spiro atoms. The molecule has 0 heterocycles. The van der Waals surface area contributed by atoms with Gasteiger partial charge in [-0.15, -0.1) is 34.8 Å². The lowest BCUT2D eigenvalue weighted by Gasteiger charge is -2.22. The first kappa shape index (κ1) is 22.6. The molecule has 0 rings (SSSR count). The maximum absolute atomic E-state index is 9.33. The van der Waals surface area contributed by atoms with Crippen molar-refractivity contribution in [2.24, 2.45) is 0 Å². The smallest absolute Gasteiger partial charge is 0.104 e. The standard InChI is InChI=1S/C13H25Cl3O6/c1-19-12(4-16)9-22-13(7-20-5-10(17)2-14)8-21-6-11(18)3-15/h10-13,17-18H,2-9H2,1H3. The third-order valence-electron chi connectivity index (χ3n) is 2.61. The number of aliphatic hydroxyl groups excluding tert-OH is 2. The first-order valence-corrected chi connectivity index (χ1v) is 8.51. The molecule has 0 aliphatic carbocycles. The van der Waals surface area contributed by atoms with E-state index in [0.717, 1.165) is 0 Å². The molecule has 0 radical (unpaired) electrons. The van der Waals surface area contributed by atoms with E-state index in [9.17, 15) is 10.2 Å². The predicted octanol–water partition coefficient (Wildman–Crippen LogP) is 0.858. The van der Waals surface area contributed by atoms with E-state index in [0.29, 0.717) is 5.88 Å².